The first-order chi connectivity index (χ1) is 8.51. The summed E-state index contributed by atoms with van der Waals surface area (Å²) in [6, 6.07) is 5.88. The fourth-order valence-electron chi connectivity index (χ4n) is 1.87. The van der Waals surface area contributed by atoms with Crippen LogP contribution in [0.25, 0.3) is 0 Å². The number of nitriles is 1. The molecule has 0 aromatic heterocycles. The molecule has 0 amide bonds. The van der Waals surface area contributed by atoms with E-state index in [9.17, 15) is 8.42 Å². The van der Waals surface area contributed by atoms with Gasteiger partial charge in [0.05, 0.1) is 4.90 Å². The van der Waals surface area contributed by atoms with E-state index in [1.54, 1.807) is 12.1 Å². The van der Waals surface area contributed by atoms with Crippen molar-refractivity contribution in [1.82, 2.24) is 9.62 Å². The standard InChI is InChI=1S/C11H12ClN3O2S/c12-9-2-1-3-11(6-9)18(16,17)14-10-4-5-15(7-10)8-13/h1-3,6,10,14H,4-5,7H2/t10-/m1/s1. The van der Waals surface area contributed by atoms with Gasteiger partial charge in [0, 0.05) is 24.2 Å². The first-order valence-corrected chi connectivity index (χ1v) is 7.30. The molecule has 0 aliphatic carbocycles. The van der Waals surface area contributed by atoms with Crippen molar-refractivity contribution in [3.8, 4) is 6.19 Å². The molecule has 1 aromatic carbocycles. The second-order valence-corrected chi connectivity index (χ2v) is 6.26. The number of nitrogens with zero attached hydrogens (tertiary/aromatic N) is 2. The van der Waals surface area contributed by atoms with Crippen molar-refractivity contribution in [1.29, 1.82) is 5.26 Å². The highest BCUT2D eigenvalue weighted by Gasteiger charge is 2.26. The predicted molar refractivity (Wildman–Crippen MR) is 67.4 cm³/mol. The Labute approximate surface area is 111 Å². The molecule has 18 heavy (non-hydrogen) atoms. The van der Waals surface area contributed by atoms with E-state index in [-0.39, 0.29) is 10.9 Å². The molecule has 1 aliphatic heterocycles. The minimum absolute atomic E-state index is 0.144. The Morgan fingerprint density at radius 1 is 1.50 bits per heavy atom. The van der Waals surface area contributed by atoms with Gasteiger partial charge in [0.25, 0.3) is 0 Å². The second-order valence-electron chi connectivity index (χ2n) is 4.11. The summed E-state index contributed by atoms with van der Waals surface area (Å²) in [5.74, 6) is 0. The van der Waals surface area contributed by atoms with Gasteiger partial charge in [0.2, 0.25) is 10.0 Å². The van der Waals surface area contributed by atoms with Crippen molar-refractivity contribution in [2.75, 3.05) is 13.1 Å². The third kappa shape index (κ3) is 2.93. The molecule has 96 valence electrons. The fraction of sp³-hybridized carbons (Fsp3) is 0.364. The van der Waals surface area contributed by atoms with Crippen LogP contribution in [0, 0.1) is 11.5 Å². The van der Waals surface area contributed by atoms with Gasteiger partial charge in [-0.15, -0.1) is 0 Å². The van der Waals surface area contributed by atoms with Gasteiger partial charge in [0.1, 0.15) is 0 Å². The average Bonchev–Trinajstić information content (AvgIpc) is 2.76. The van der Waals surface area contributed by atoms with Crippen LogP contribution < -0.4 is 4.72 Å². The second kappa shape index (κ2) is 5.14. The minimum Gasteiger partial charge on any atom is -0.309 e. The molecule has 0 unspecified atom stereocenters. The summed E-state index contributed by atoms with van der Waals surface area (Å²) < 4.78 is 26.7. The van der Waals surface area contributed by atoms with E-state index >= 15 is 0 Å². The lowest BCUT2D eigenvalue weighted by Crippen LogP contribution is -2.36. The van der Waals surface area contributed by atoms with Crippen LogP contribution in [-0.2, 0) is 10.0 Å². The topological polar surface area (TPSA) is 73.2 Å². The Morgan fingerprint density at radius 2 is 2.28 bits per heavy atom. The maximum absolute atomic E-state index is 12.1. The molecule has 1 aromatic rings. The number of halogens is 1. The summed E-state index contributed by atoms with van der Waals surface area (Å²) >= 11 is 5.77. The lowest BCUT2D eigenvalue weighted by Gasteiger charge is -2.12. The number of hydrogen-bond donors (Lipinski definition) is 1. The SMILES string of the molecule is N#CN1CC[C@@H](NS(=O)(=O)c2cccc(Cl)c2)C1. The van der Waals surface area contributed by atoms with Crippen LogP contribution in [0.1, 0.15) is 6.42 Å². The Kier molecular flexibility index (Phi) is 3.76. The third-order valence-electron chi connectivity index (χ3n) is 2.76. The van der Waals surface area contributed by atoms with Gasteiger partial charge < -0.3 is 4.90 Å². The molecular formula is C11H12ClN3O2S. The lowest BCUT2D eigenvalue weighted by molar-refractivity contribution is 0.470. The molecular weight excluding hydrogens is 274 g/mol. The summed E-state index contributed by atoms with van der Waals surface area (Å²) in [4.78, 5) is 1.68. The molecule has 7 heteroatoms. The summed E-state index contributed by atoms with van der Waals surface area (Å²) in [6.45, 7) is 0.996. The van der Waals surface area contributed by atoms with Crippen LogP contribution in [0.15, 0.2) is 29.2 Å². The molecule has 2 rings (SSSR count). The van der Waals surface area contributed by atoms with E-state index < -0.39 is 10.0 Å². The van der Waals surface area contributed by atoms with Gasteiger partial charge >= 0.3 is 0 Å². The van der Waals surface area contributed by atoms with Gasteiger partial charge in [-0.1, -0.05) is 17.7 Å². The number of benzene rings is 1. The first-order valence-electron chi connectivity index (χ1n) is 5.44. The zero-order valence-corrected chi connectivity index (χ0v) is 11.1. The van der Waals surface area contributed by atoms with E-state index in [1.807, 2.05) is 6.19 Å². The summed E-state index contributed by atoms with van der Waals surface area (Å²) in [7, 11) is -3.57. The van der Waals surface area contributed by atoms with Crippen LogP contribution in [0.5, 0.6) is 0 Å². The molecule has 1 N–H and O–H groups in total. The number of likely N-dealkylation sites (tertiary alicyclic amines) is 1. The molecule has 0 radical (unpaired) electrons. The number of hydrogen-bond acceptors (Lipinski definition) is 4. The number of rotatable bonds is 3. The Balaban J connectivity index is 2.12. The van der Waals surface area contributed by atoms with Crippen LogP contribution in [0.3, 0.4) is 0 Å². The highest BCUT2D eigenvalue weighted by molar-refractivity contribution is 7.89. The smallest absolute Gasteiger partial charge is 0.240 e. The van der Waals surface area contributed by atoms with Crippen molar-refractivity contribution in [3.63, 3.8) is 0 Å². The third-order valence-corrected chi connectivity index (χ3v) is 4.51. The van der Waals surface area contributed by atoms with Crippen LogP contribution in [0.4, 0.5) is 0 Å². The zero-order chi connectivity index (χ0) is 13.2. The van der Waals surface area contributed by atoms with Crippen molar-refractivity contribution >= 4 is 21.6 Å². The largest absolute Gasteiger partial charge is 0.309 e. The first kappa shape index (κ1) is 13.1. The van der Waals surface area contributed by atoms with Crippen LogP contribution in [-0.4, -0.2) is 32.4 Å². The zero-order valence-electron chi connectivity index (χ0n) is 9.51. The highest BCUT2D eigenvalue weighted by Crippen LogP contribution is 2.17. The fourth-order valence-corrected chi connectivity index (χ4v) is 3.43. The normalized spacial score (nSPS) is 19.8. The lowest BCUT2D eigenvalue weighted by atomic mass is 10.3. The molecule has 1 atom stereocenters. The Bertz CT molecular complexity index is 582. The van der Waals surface area contributed by atoms with Crippen LogP contribution in [0.2, 0.25) is 5.02 Å². The maximum atomic E-state index is 12.1. The van der Waals surface area contributed by atoms with Crippen molar-refractivity contribution in [2.24, 2.45) is 0 Å². The molecule has 1 fully saturated rings. The molecule has 1 aliphatic rings. The quantitative estimate of drug-likeness (QED) is 0.846. The molecule has 0 bridgehead atoms. The Morgan fingerprint density at radius 3 is 2.89 bits per heavy atom. The monoisotopic (exact) mass is 285 g/mol. The molecule has 5 nitrogen and oxygen atoms in total. The summed E-state index contributed by atoms with van der Waals surface area (Å²) in [5, 5.41) is 9.09. The van der Waals surface area contributed by atoms with E-state index in [4.69, 9.17) is 16.9 Å². The number of sulfonamides is 1. The van der Waals surface area contributed by atoms with Gasteiger partial charge in [0.15, 0.2) is 6.19 Å². The predicted octanol–water partition coefficient (Wildman–Crippen LogP) is 1.17. The van der Waals surface area contributed by atoms with Crippen LogP contribution >= 0.6 is 11.6 Å². The van der Waals surface area contributed by atoms with Gasteiger partial charge in [-0.2, -0.15) is 5.26 Å². The van der Waals surface area contributed by atoms with Gasteiger partial charge in [-0.3, -0.25) is 0 Å². The van der Waals surface area contributed by atoms with Gasteiger partial charge in [-0.05, 0) is 24.6 Å². The Hall–Kier alpha value is -1.29. The van der Waals surface area contributed by atoms with Crippen molar-refractivity contribution < 1.29 is 8.42 Å². The van der Waals surface area contributed by atoms with E-state index in [2.05, 4.69) is 4.72 Å². The van der Waals surface area contributed by atoms with E-state index in [0.29, 0.717) is 24.5 Å². The van der Waals surface area contributed by atoms with Crippen molar-refractivity contribution in [2.45, 2.75) is 17.4 Å². The van der Waals surface area contributed by atoms with Crippen molar-refractivity contribution in [3.05, 3.63) is 29.3 Å². The average molecular weight is 286 g/mol. The maximum Gasteiger partial charge on any atom is 0.240 e. The molecule has 1 saturated heterocycles. The van der Waals surface area contributed by atoms with E-state index in [1.165, 1.54) is 17.0 Å². The summed E-state index contributed by atoms with van der Waals surface area (Å²) in [6.07, 6.45) is 2.64. The number of nitrogens with one attached hydrogen (secondary N) is 1. The van der Waals surface area contributed by atoms with E-state index in [0.717, 1.165) is 0 Å². The molecule has 0 spiro atoms. The molecule has 1 heterocycles. The summed E-state index contributed by atoms with van der Waals surface area (Å²) in [5.41, 5.74) is 0. The van der Waals surface area contributed by atoms with Gasteiger partial charge in [-0.25, -0.2) is 13.1 Å². The highest BCUT2D eigenvalue weighted by atomic mass is 35.5. The minimum atomic E-state index is -3.57. The molecule has 0 saturated carbocycles.